The van der Waals surface area contributed by atoms with E-state index in [1.54, 1.807) is 0 Å². The van der Waals surface area contributed by atoms with Crippen molar-refractivity contribution in [1.29, 1.82) is 5.26 Å². The van der Waals surface area contributed by atoms with Crippen molar-refractivity contribution >= 4 is 17.3 Å². The highest BCUT2D eigenvalue weighted by molar-refractivity contribution is 6.35. The van der Waals surface area contributed by atoms with Gasteiger partial charge in [0.15, 0.2) is 0 Å². The lowest BCUT2D eigenvalue weighted by Gasteiger charge is -2.14. The lowest BCUT2D eigenvalue weighted by atomic mass is 9.98. The molecule has 24 heavy (non-hydrogen) atoms. The van der Waals surface area contributed by atoms with Crippen LogP contribution in [0.2, 0.25) is 5.02 Å². The van der Waals surface area contributed by atoms with E-state index in [0.717, 1.165) is 34.0 Å². The number of aryl methyl sites for hydroxylation is 1. The quantitative estimate of drug-likeness (QED) is 0.675. The number of aliphatic imine (C=N–C) groups is 1. The van der Waals surface area contributed by atoms with Crippen LogP contribution in [0.5, 0.6) is 0 Å². The Morgan fingerprint density at radius 1 is 1.17 bits per heavy atom. The largest absolute Gasteiger partial charge is 0.299 e. The van der Waals surface area contributed by atoms with Gasteiger partial charge in [0.1, 0.15) is 5.82 Å². The maximum atomic E-state index is 9.30. The zero-order valence-corrected chi connectivity index (χ0v) is 13.7. The van der Waals surface area contributed by atoms with Crippen molar-refractivity contribution < 1.29 is 0 Å². The van der Waals surface area contributed by atoms with E-state index < -0.39 is 0 Å². The number of halogens is 1. The van der Waals surface area contributed by atoms with Gasteiger partial charge in [-0.1, -0.05) is 29.8 Å². The van der Waals surface area contributed by atoms with Crippen LogP contribution in [-0.4, -0.2) is 15.3 Å². The van der Waals surface area contributed by atoms with E-state index in [-0.39, 0.29) is 0 Å². The van der Waals surface area contributed by atoms with Crippen LogP contribution in [0.25, 0.3) is 5.69 Å². The molecular formula is C19H13ClN4. The fourth-order valence-electron chi connectivity index (χ4n) is 3.04. The van der Waals surface area contributed by atoms with Gasteiger partial charge in [-0.15, -0.1) is 0 Å². The number of nitriles is 1. The molecule has 1 aliphatic heterocycles. The molecular weight excluding hydrogens is 320 g/mol. The average Bonchev–Trinajstić information content (AvgIpc) is 2.88. The smallest absolute Gasteiger partial charge is 0.135 e. The molecule has 0 saturated heterocycles. The number of hydrogen-bond donors (Lipinski definition) is 0. The third-order valence-electron chi connectivity index (χ3n) is 4.14. The van der Waals surface area contributed by atoms with Crippen molar-refractivity contribution in [3.63, 3.8) is 0 Å². The van der Waals surface area contributed by atoms with E-state index in [9.17, 15) is 5.26 Å². The van der Waals surface area contributed by atoms with E-state index >= 15 is 0 Å². The van der Waals surface area contributed by atoms with Crippen LogP contribution < -0.4 is 0 Å². The fraction of sp³-hybridized carbons (Fsp3) is 0.105. The zero-order chi connectivity index (χ0) is 16.7. The Kier molecular flexibility index (Phi) is 3.44. The molecule has 0 fully saturated rings. The predicted octanol–water partition coefficient (Wildman–Crippen LogP) is 4.06. The summed E-state index contributed by atoms with van der Waals surface area (Å²) in [5, 5.41) is 9.94. The molecule has 1 aromatic heterocycles. The molecule has 5 heteroatoms. The normalized spacial score (nSPS) is 12.6. The van der Waals surface area contributed by atoms with Crippen LogP contribution in [0.3, 0.4) is 0 Å². The topological polar surface area (TPSA) is 54.0 Å². The number of imidazole rings is 1. The standard InChI is InChI=1S/C19H13ClN4/c1-12-10-22-18-11-23-19(14-4-2-3-5-16(14)20)15-8-13(9-21)6-7-17(15)24(12)18/h2-8,10H,11H2,1H3. The molecule has 0 spiro atoms. The van der Waals surface area contributed by atoms with Crippen molar-refractivity contribution in [2.24, 2.45) is 4.99 Å². The van der Waals surface area contributed by atoms with Gasteiger partial charge in [-0.25, -0.2) is 4.98 Å². The number of hydrogen-bond acceptors (Lipinski definition) is 3. The van der Waals surface area contributed by atoms with Gasteiger partial charge in [-0.05, 0) is 31.2 Å². The Hall–Kier alpha value is -2.90. The van der Waals surface area contributed by atoms with Crippen LogP contribution in [0.4, 0.5) is 0 Å². The summed E-state index contributed by atoms with van der Waals surface area (Å²) in [7, 11) is 0. The molecule has 2 aromatic carbocycles. The van der Waals surface area contributed by atoms with Gasteiger partial charge in [0.05, 0.1) is 29.6 Å². The van der Waals surface area contributed by atoms with Crippen LogP contribution in [-0.2, 0) is 6.54 Å². The third-order valence-corrected chi connectivity index (χ3v) is 4.47. The Bertz CT molecular complexity index is 1020. The molecule has 4 rings (SSSR count). The molecule has 116 valence electrons. The molecule has 0 N–H and O–H groups in total. The van der Waals surface area contributed by atoms with Gasteiger partial charge in [-0.2, -0.15) is 5.26 Å². The van der Waals surface area contributed by atoms with E-state index in [1.807, 2.05) is 55.6 Å². The first-order valence-electron chi connectivity index (χ1n) is 7.56. The summed E-state index contributed by atoms with van der Waals surface area (Å²) in [6, 6.07) is 15.5. The Labute approximate surface area is 144 Å². The summed E-state index contributed by atoms with van der Waals surface area (Å²) < 4.78 is 2.09. The lowest BCUT2D eigenvalue weighted by Crippen LogP contribution is -2.09. The molecule has 0 unspecified atom stereocenters. The van der Waals surface area contributed by atoms with Crippen molar-refractivity contribution in [2.75, 3.05) is 0 Å². The molecule has 0 radical (unpaired) electrons. The van der Waals surface area contributed by atoms with Gasteiger partial charge in [0.2, 0.25) is 0 Å². The second kappa shape index (κ2) is 5.63. The summed E-state index contributed by atoms with van der Waals surface area (Å²) in [5.41, 5.74) is 5.13. The monoisotopic (exact) mass is 332 g/mol. The van der Waals surface area contributed by atoms with Crippen molar-refractivity contribution in [1.82, 2.24) is 9.55 Å². The Balaban J connectivity index is 2.04. The maximum Gasteiger partial charge on any atom is 0.135 e. The summed E-state index contributed by atoms with van der Waals surface area (Å²) in [5.74, 6) is 0.875. The van der Waals surface area contributed by atoms with E-state index in [1.165, 1.54) is 0 Å². The minimum Gasteiger partial charge on any atom is -0.299 e. The first kappa shape index (κ1) is 14.7. The molecule has 0 bridgehead atoms. The van der Waals surface area contributed by atoms with Gasteiger partial charge in [-0.3, -0.25) is 9.56 Å². The summed E-state index contributed by atoms with van der Waals surface area (Å²) in [4.78, 5) is 9.23. The first-order valence-corrected chi connectivity index (χ1v) is 7.94. The Morgan fingerprint density at radius 2 is 2.00 bits per heavy atom. The lowest BCUT2D eigenvalue weighted by molar-refractivity contribution is 0.863. The molecule has 0 amide bonds. The molecule has 3 aromatic rings. The third kappa shape index (κ3) is 2.22. The minimum absolute atomic E-state index is 0.463. The highest BCUT2D eigenvalue weighted by Crippen LogP contribution is 2.29. The number of aromatic nitrogens is 2. The van der Waals surface area contributed by atoms with Crippen molar-refractivity contribution in [3.8, 4) is 11.8 Å². The maximum absolute atomic E-state index is 9.30. The fourth-order valence-corrected chi connectivity index (χ4v) is 3.26. The van der Waals surface area contributed by atoms with Crippen LogP contribution in [0, 0.1) is 18.3 Å². The van der Waals surface area contributed by atoms with E-state index in [2.05, 4.69) is 15.6 Å². The second-order valence-corrected chi connectivity index (χ2v) is 6.05. The Morgan fingerprint density at radius 3 is 2.79 bits per heavy atom. The van der Waals surface area contributed by atoms with E-state index in [0.29, 0.717) is 17.1 Å². The molecule has 0 saturated carbocycles. The molecule has 2 heterocycles. The molecule has 4 nitrogen and oxygen atoms in total. The summed E-state index contributed by atoms with van der Waals surface area (Å²) in [6.07, 6.45) is 1.84. The van der Waals surface area contributed by atoms with Gasteiger partial charge >= 0.3 is 0 Å². The van der Waals surface area contributed by atoms with Crippen LogP contribution in [0.15, 0.2) is 53.7 Å². The van der Waals surface area contributed by atoms with Gasteiger partial charge < -0.3 is 0 Å². The SMILES string of the molecule is Cc1cnc2n1-c1ccc(C#N)cc1C(c1ccccc1Cl)=NC2. The molecule has 0 aliphatic carbocycles. The number of nitrogens with zero attached hydrogens (tertiary/aromatic N) is 4. The predicted molar refractivity (Wildman–Crippen MR) is 93.8 cm³/mol. The highest BCUT2D eigenvalue weighted by atomic mass is 35.5. The summed E-state index contributed by atoms with van der Waals surface area (Å²) in [6.45, 7) is 2.48. The molecule has 0 atom stereocenters. The van der Waals surface area contributed by atoms with Crippen molar-refractivity contribution in [2.45, 2.75) is 13.5 Å². The summed E-state index contributed by atoms with van der Waals surface area (Å²) >= 11 is 6.40. The van der Waals surface area contributed by atoms with Gasteiger partial charge in [0, 0.05) is 28.0 Å². The van der Waals surface area contributed by atoms with Crippen LogP contribution in [0.1, 0.15) is 28.2 Å². The van der Waals surface area contributed by atoms with Crippen LogP contribution >= 0.6 is 11.6 Å². The minimum atomic E-state index is 0.463. The highest BCUT2D eigenvalue weighted by Gasteiger charge is 2.22. The van der Waals surface area contributed by atoms with Crippen molar-refractivity contribution in [3.05, 3.63) is 81.9 Å². The molecule has 1 aliphatic rings. The number of fused-ring (bicyclic) bond motifs is 3. The van der Waals surface area contributed by atoms with Gasteiger partial charge in [0.25, 0.3) is 0 Å². The number of rotatable bonds is 1. The first-order chi connectivity index (χ1) is 11.7. The van der Waals surface area contributed by atoms with E-state index in [4.69, 9.17) is 16.6 Å². The second-order valence-electron chi connectivity index (χ2n) is 5.64. The zero-order valence-electron chi connectivity index (χ0n) is 13.0. The average molecular weight is 333 g/mol. The number of benzene rings is 2.